The molecule has 0 amide bonds. The molecule has 104 valence electrons. The van der Waals surface area contributed by atoms with Gasteiger partial charge < -0.3 is 10.3 Å². The maximum atomic E-state index is 11.8. The number of sulfone groups is 1. The third-order valence-electron chi connectivity index (χ3n) is 3.11. The Hall–Kier alpha value is -0.880. The number of imidazole rings is 1. The fourth-order valence-corrected chi connectivity index (χ4v) is 2.50. The van der Waals surface area contributed by atoms with Gasteiger partial charge in [0.2, 0.25) is 0 Å². The minimum Gasteiger partial charge on any atom is -0.334 e. The molecule has 0 bridgehead atoms. The van der Waals surface area contributed by atoms with Gasteiger partial charge in [0, 0.05) is 31.4 Å². The van der Waals surface area contributed by atoms with Crippen LogP contribution in [0.5, 0.6) is 0 Å². The summed E-state index contributed by atoms with van der Waals surface area (Å²) < 4.78 is 25.4. The molecule has 2 N–H and O–H groups in total. The van der Waals surface area contributed by atoms with Crippen molar-refractivity contribution in [2.45, 2.75) is 51.4 Å². The summed E-state index contributed by atoms with van der Waals surface area (Å²) in [5, 5.41) is -0.331. The smallest absolute Gasteiger partial charge is 0.154 e. The van der Waals surface area contributed by atoms with Gasteiger partial charge in [-0.25, -0.2) is 13.4 Å². The van der Waals surface area contributed by atoms with Gasteiger partial charge in [-0.3, -0.25) is 0 Å². The standard InChI is InChI=1S/C12H23N3O2S/c1-4-11(13)9-12-14-5-6-15(12)7-8-18(16,17)10(2)3/h5-6,10-11H,4,7-9,13H2,1-3H3. The summed E-state index contributed by atoms with van der Waals surface area (Å²) in [4.78, 5) is 4.24. The molecule has 0 spiro atoms. The molecule has 0 aromatic carbocycles. The molecule has 1 rings (SSSR count). The highest BCUT2D eigenvalue weighted by Gasteiger charge is 2.17. The lowest BCUT2D eigenvalue weighted by Crippen LogP contribution is -2.25. The Morgan fingerprint density at radius 3 is 2.67 bits per heavy atom. The molecule has 1 aromatic heterocycles. The molecular formula is C12H23N3O2S. The molecule has 6 heteroatoms. The Kier molecular flexibility index (Phi) is 5.34. The van der Waals surface area contributed by atoms with Crippen LogP contribution in [-0.4, -0.2) is 35.0 Å². The van der Waals surface area contributed by atoms with Gasteiger partial charge in [0.25, 0.3) is 0 Å². The van der Waals surface area contributed by atoms with E-state index in [-0.39, 0.29) is 17.0 Å². The quantitative estimate of drug-likeness (QED) is 0.803. The number of hydrogen-bond donors (Lipinski definition) is 1. The molecule has 0 aliphatic rings. The molecule has 1 heterocycles. The predicted octanol–water partition coefficient (Wildman–Crippen LogP) is 0.986. The molecule has 0 saturated carbocycles. The number of nitrogens with two attached hydrogens (primary N) is 1. The number of aryl methyl sites for hydroxylation is 1. The Balaban J connectivity index is 2.66. The van der Waals surface area contributed by atoms with Crippen LogP contribution in [0.3, 0.4) is 0 Å². The summed E-state index contributed by atoms with van der Waals surface area (Å²) in [6.07, 6.45) is 5.08. The average molecular weight is 273 g/mol. The van der Waals surface area contributed by atoms with Crippen LogP contribution in [0.4, 0.5) is 0 Å². The fourth-order valence-electron chi connectivity index (χ4n) is 1.57. The van der Waals surface area contributed by atoms with Gasteiger partial charge in [-0.1, -0.05) is 6.92 Å². The lowest BCUT2D eigenvalue weighted by molar-refractivity contribution is 0.568. The monoisotopic (exact) mass is 273 g/mol. The Labute approximate surface area is 109 Å². The summed E-state index contributed by atoms with van der Waals surface area (Å²) >= 11 is 0. The van der Waals surface area contributed by atoms with Crippen molar-refractivity contribution in [1.82, 2.24) is 9.55 Å². The highest BCUT2D eigenvalue weighted by molar-refractivity contribution is 7.91. The summed E-state index contributed by atoms with van der Waals surface area (Å²) in [5.74, 6) is 1.01. The van der Waals surface area contributed by atoms with E-state index in [4.69, 9.17) is 5.73 Å². The zero-order valence-corrected chi connectivity index (χ0v) is 12.2. The number of hydrogen-bond acceptors (Lipinski definition) is 4. The lowest BCUT2D eigenvalue weighted by atomic mass is 10.1. The van der Waals surface area contributed by atoms with E-state index in [9.17, 15) is 8.42 Å². The van der Waals surface area contributed by atoms with Crippen molar-refractivity contribution < 1.29 is 8.42 Å². The molecule has 1 unspecified atom stereocenters. The van der Waals surface area contributed by atoms with Gasteiger partial charge in [-0.05, 0) is 20.3 Å². The van der Waals surface area contributed by atoms with Gasteiger partial charge in [-0.15, -0.1) is 0 Å². The van der Waals surface area contributed by atoms with Gasteiger partial charge in [-0.2, -0.15) is 0 Å². The van der Waals surface area contributed by atoms with Crippen molar-refractivity contribution >= 4 is 9.84 Å². The Morgan fingerprint density at radius 1 is 1.44 bits per heavy atom. The van der Waals surface area contributed by atoms with E-state index in [1.165, 1.54) is 0 Å². The highest BCUT2D eigenvalue weighted by atomic mass is 32.2. The first-order chi connectivity index (χ1) is 8.36. The van der Waals surface area contributed by atoms with Crippen LogP contribution in [0.25, 0.3) is 0 Å². The molecule has 5 nitrogen and oxygen atoms in total. The van der Waals surface area contributed by atoms with Crippen molar-refractivity contribution in [1.29, 1.82) is 0 Å². The second-order valence-electron chi connectivity index (χ2n) is 4.83. The van der Waals surface area contributed by atoms with Crippen LogP contribution >= 0.6 is 0 Å². The molecular weight excluding hydrogens is 250 g/mol. The summed E-state index contributed by atoms with van der Waals surface area (Å²) in [6, 6.07) is 0.0767. The molecule has 0 fully saturated rings. The van der Waals surface area contributed by atoms with Gasteiger partial charge in [0.1, 0.15) is 5.82 Å². The first-order valence-corrected chi connectivity index (χ1v) is 8.05. The van der Waals surface area contributed by atoms with Crippen LogP contribution in [-0.2, 0) is 22.8 Å². The molecule has 1 aromatic rings. The van der Waals surface area contributed by atoms with Crippen molar-refractivity contribution in [2.24, 2.45) is 5.73 Å². The third kappa shape index (κ3) is 4.10. The van der Waals surface area contributed by atoms with Gasteiger partial charge >= 0.3 is 0 Å². The van der Waals surface area contributed by atoms with Crippen molar-refractivity contribution in [3.05, 3.63) is 18.2 Å². The maximum Gasteiger partial charge on any atom is 0.154 e. The SMILES string of the molecule is CCC(N)Cc1nccn1CCS(=O)(=O)C(C)C. The maximum absolute atomic E-state index is 11.8. The van der Waals surface area contributed by atoms with E-state index in [0.717, 1.165) is 12.2 Å². The van der Waals surface area contributed by atoms with E-state index < -0.39 is 9.84 Å². The van der Waals surface area contributed by atoms with Crippen LogP contribution in [0, 0.1) is 0 Å². The summed E-state index contributed by atoms with van der Waals surface area (Å²) in [5.41, 5.74) is 5.89. The van der Waals surface area contributed by atoms with Crippen LogP contribution < -0.4 is 5.73 Å². The zero-order valence-electron chi connectivity index (χ0n) is 11.3. The fraction of sp³-hybridized carbons (Fsp3) is 0.750. The molecule has 0 saturated heterocycles. The van der Waals surface area contributed by atoms with Crippen molar-refractivity contribution in [3.8, 4) is 0 Å². The zero-order chi connectivity index (χ0) is 13.8. The van der Waals surface area contributed by atoms with E-state index in [1.807, 2.05) is 17.7 Å². The van der Waals surface area contributed by atoms with E-state index in [2.05, 4.69) is 4.98 Å². The Bertz CT molecular complexity index is 465. The van der Waals surface area contributed by atoms with E-state index in [1.54, 1.807) is 20.0 Å². The molecule has 1 atom stereocenters. The molecule has 18 heavy (non-hydrogen) atoms. The minimum absolute atomic E-state index is 0.0767. The van der Waals surface area contributed by atoms with Gasteiger partial charge in [0.05, 0.1) is 11.0 Å². The van der Waals surface area contributed by atoms with Crippen molar-refractivity contribution in [3.63, 3.8) is 0 Å². The lowest BCUT2D eigenvalue weighted by Gasteiger charge is -2.12. The highest BCUT2D eigenvalue weighted by Crippen LogP contribution is 2.06. The third-order valence-corrected chi connectivity index (χ3v) is 5.29. The number of rotatable bonds is 7. The van der Waals surface area contributed by atoms with E-state index >= 15 is 0 Å². The van der Waals surface area contributed by atoms with Crippen LogP contribution in [0.15, 0.2) is 12.4 Å². The predicted molar refractivity (Wildman–Crippen MR) is 73.1 cm³/mol. The Morgan fingerprint density at radius 2 is 2.11 bits per heavy atom. The van der Waals surface area contributed by atoms with Crippen molar-refractivity contribution in [2.75, 3.05) is 5.75 Å². The van der Waals surface area contributed by atoms with Gasteiger partial charge in [0.15, 0.2) is 9.84 Å². The summed E-state index contributed by atoms with van der Waals surface area (Å²) in [6.45, 7) is 5.89. The van der Waals surface area contributed by atoms with Crippen LogP contribution in [0.2, 0.25) is 0 Å². The largest absolute Gasteiger partial charge is 0.334 e. The first kappa shape index (κ1) is 15.2. The molecule has 0 aliphatic carbocycles. The topological polar surface area (TPSA) is 78.0 Å². The summed E-state index contributed by atoms with van der Waals surface area (Å²) in [7, 11) is -3.00. The number of aromatic nitrogens is 2. The molecule has 0 radical (unpaired) electrons. The second-order valence-corrected chi connectivity index (χ2v) is 7.50. The second kappa shape index (κ2) is 6.33. The average Bonchev–Trinajstić information content (AvgIpc) is 2.73. The number of nitrogens with zero attached hydrogens (tertiary/aromatic N) is 2. The van der Waals surface area contributed by atoms with E-state index in [0.29, 0.717) is 13.0 Å². The molecule has 0 aliphatic heterocycles. The normalized spacial score (nSPS) is 14.1. The minimum atomic E-state index is -3.00. The van der Waals surface area contributed by atoms with Crippen LogP contribution in [0.1, 0.15) is 33.0 Å². The first-order valence-electron chi connectivity index (χ1n) is 6.34.